The van der Waals surface area contributed by atoms with E-state index in [9.17, 15) is 9.59 Å². The zero-order chi connectivity index (χ0) is 18.8. The van der Waals surface area contributed by atoms with Crippen LogP contribution in [-0.2, 0) is 9.59 Å². The lowest BCUT2D eigenvalue weighted by molar-refractivity contribution is -0.141. The van der Waals surface area contributed by atoms with Crippen molar-refractivity contribution in [2.45, 2.75) is 33.1 Å². The number of aryl methyl sites for hydroxylation is 1. The molecule has 0 aliphatic carbocycles. The molecule has 1 aliphatic rings. The Morgan fingerprint density at radius 2 is 1.88 bits per heavy atom. The third kappa shape index (κ3) is 3.72. The monoisotopic (exact) mass is 353 g/mol. The number of hydrogen-bond acceptors (Lipinski definition) is 3. The van der Waals surface area contributed by atoms with Crippen LogP contribution in [0.2, 0.25) is 0 Å². The molecule has 2 aromatic rings. The maximum absolute atomic E-state index is 12.1. The van der Waals surface area contributed by atoms with Crippen LogP contribution < -0.4 is 9.64 Å². The molecule has 0 unspecified atom stereocenters. The van der Waals surface area contributed by atoms with Crippen LogP contribution >= 0.6 is 0 Å². The normalized spacial score (nSPS) is 17.0. The van der Waals surface area contributed by atoms with Crippen molar-refractivity contribution >= 4 is 17.6 Å². The van der Waals surface area contributed by atoms with E-state index in [-0.39, 0.29) is 18.9 Å². The molecular weight excluding hydrogens is 330 g/mol. The van der Waals surface area contributed by atoms with Gasteiger partial charge in [-0.15, -0.1) is 0 Å². The zero-order valence-corrected chi connectivity index (χ0v) is 15.2. The molecule has 0 saturated carbocycles. The van der Waals surface area contributed by atoms with Crippen molar-refractivity contribution in [1.29, 1.82) is 0 Å². The van der Waals surface area contributed by atoms with E-state index in [1.807, 2.05) is 25.1 Å². The molecule has 1 aliphatic heterocycles. The lowest BCUT2D eigenvalue weighted by atomic mass is 10.0. The molecule has 3 rings (SSSR count). The molecule has 2 aromatic carbocycles. The fourth-order valence-electron chi connectivity index (χ4n) is 3.15. The van der Waals surface area contributed by atoms with E-state index in [0.717, 1.165) is 16.9 Å². The van der Waals surface area contributed by atoms with Gasteiger partial charge in [-0.25, -0.2) is 0 Å². The number of ether oxygens (including phenoxy) is 1. The summed E-state index contributed by atoms with van der Waals surface area (Å²) in [6.45, 7) is 6.48. The number of carbonyl (C=O) groups excluding carboxylic acids is 1. The van der Waals surface area contributed by atoms with Crippen LogP contribution in [0.15, 0.2) is 42.5 Å². The Bertz CT molecular complexity index is 826. The molecule has 1 saturated heterocycles. The molecule has 0 aromatic heterocycles. The SMILES string of the molecule is Cc1ccc(C(C)C)c(Oc2ccc(N3C[C@H](C(=O)O)CC3=O)cc2)c1. The first kappa shape index (κ1) is 18.0. The van der Waals surface area contributed by atoms with Gasteiger partial charge >= 0.3 is 5.97 Å². The summed E-state index contributed by atoms with van der Waals surface area (Å²) in [7, 11) is 0. The third-order valence-corrected chi connectivity index (χ3v) is 4.64. The number of carbonyl (C=O) groups is 2. The van der Waals surface area contributed by atoms with E-state index < -0.39 is 11.9 Å². The van der Waals surface area contributed by atoms with Crippen LogP contribution in [-0.4, -0.2) is 23.5 Å². The predicted molar refractivity (Wildman–Crippen MR) is 99.9 cm³/mol. The Hall–Kier alpha value is -2.82. The number of hydrogen-bond donors (Lipinski definition) is 1. The van der Waals surface area contributed by atoms with Gasteiger partial charge in [0.15, 0.2) is 0 Å². The van der Waals surface area contributed by atoms with Gasteiger partial charge in [0.25, 0.3) is 0 Å². The molecule has 0 radical (unpaired) electrons. The molecule has 1 fully saturated rings. The van der Waals surface area contributed by atoms with Crippen LogP contribution in [0, 0.1) is 12.8 Å². The number of carboxylic acids is 1. The van der Waals surface area contributed by atoms with Gasteiger partial charge in [-0.2, -0.15) is 0 Å². The number of rotatable bonds is 5. The van der Waals surface area contributed by atoms with E-state index >= 15 is 0 Å². The van der Waals surface area contributed by atoms with Crippen molar-refractivity contribution < 1.29 is 19.4 Å². The molecule has 1 N–H and O–H groups in total. The molecule has 1 atom stereocenters. The first-order valence-corrected chi connectivity index (χ1v) is 8.77. The number of carboxylic acid groups (broad SMARTS) is 1. The highest BCUT2D eigenvalue weighted by molar-refractivity contribution is 5.99. The molecule has 26 heavy (non-hydrogen) atoms. The van der Waals surface area contributed by atoms with Crippen molar-refractivity contribution in [1.82, 2.24) is 0 Å². The first-order valence-electron chi connectivity index (χ1n) is 8.77. The molecular formula is C21H23NO4. The summed E-state index contributed by atoms with van der Waals surface area (Å²) in [6.07, 6.45) is 0.0502. The standard InChI is InChI=1S/C21H23NO4/c1-13(2)18-9-4-14(3)10-19(18)26-17-7-5-16(6-8-17)22-12-15(21(24)25)11-20(22)23/h4-10,13,15H,11-12H2,1-3H3,(H,24,25)/t15-/m1/s1. The van der Waals surface area contributed by atoms with Crippen molar-refractivity contribution in [2.75, 3.05) is 11.4 Å². The van der Waals surface area contributed by atoms with Gasteiger partial charge in [0, 0.05) is 18.7 Å². The number of nitrogens with zero attached hydrogens (tertiary/aromatic N) is 1. The second-order valence-electron chi connectivity index (χ2n) is 7.04. The van der Waals surface area contributed by atoms with E-state index in [2.05, 4.69) is 26.0 Å². The zero-order valence-electron chi connectivity index (χ0n) is 15.2. The number of anilines is 1. The van der Waals surface area contributed by atoms with Crippen LogP contribution in [0.5, 0.6) is 11.5 Å². The van der Waals surface area contributed by atoms with E-state index in [1.54, 1.807) is 12.1 Å². The summed E-state index contributed by atoms with van der Waals surface area (Å²) in [5, 5.41) is 9.10. The maximum atomic E-state index is 12.1. The summed E-state index contributed by atoms with van der Waals surface area (Å²) in [4.78, 5) is 24.7. The second-order valence-corrected chi connectivity index (χ2v) is 7.04. The highest BCUT2D eigenvalue weighted by Crippen LogP contribution is 2.33. The quantitative estimate of drug-likeness (QED) is 0.868. The topological polar surface area (TPSA) is 66.8 Å². The second kappa shape index (κ2) is 7.20. The van der Waals surface area contributed by atoms with Crippen molar-refractivity contribution in [3.63, 3.8) is 0 Å². The summed E-state index contributed by atoms with van der Waals surface area (Å²) < 4.78 is 6.06. The first-order chi connectivity index (χ1) is 12.3. The average Bonchev–Trinajstić information content (AvgIpc) is 2.97. The third-order valence-electron chi connectivity index (χ3n) is 4.64. The van der Waals surface area contributed by atoms with Gasteiger partial charge in [-0.05, 0) is 54.3 Å². The Kier molecular flexibility index (Phi) is 4.98. The number of amides is 1. The summed E-state index contributed by atoms with van der Waals surface area (Å²) >= 11 is 0. The van der Waals surface area contributed by atoms with Crippen LogP contribution in [0.1, 0.15) is 37.3 Å². The highest BCUT2D eigenvalue weighted by atomic mass is 16.5. The lowest BCUT2D eigenvalue weighted by Crippen LogP contribution is -2.25. The minimum atomic E-state index is -0.929. The van der Waals surface area contributed by atoms with Crippen LogP contribution in [0.4, 0.5) is 5.69 Å². The molecule has 1 amide bonds. The Morgan fingerprint density at radius 3 is 2.46 bits per heavy atom. The lowest BCUT2D eigenvalue weighted by Gasteiger charge is -2.18. The minimum absolute atomic E-state index is 0.0502. The molecule has 5 heteroatoms. The largest absolute Gasteiger partial charge is 0.481 e. The highest BCUT2D eigenvalue weighted by Gasteiger charge is 2.34. The molecule has 5 nitrogen and oxygen atoms in total. The van der Waals surface area contributed by atoms with Gasteiger partial charge in [-0.3, -0.25) is 9.59 Å². The Morgan fingerprint density at radius 1 is 1.19 bits per heavy atom. The molecule has 1 heterocycles. The average molecular weight is 353 g/mol. The van der Waals surface area contributed by atoms with Crippen molar-refractivity contribution in [3.8, 4) is 11.5 Å². The van der Waals surface area contributed by atoms with Crippen LogP contribution in [0.3, 0.4) is 0 Å². The number of aliphatic carboxylic acids is 1. The van der Waals surface area contributed by atoms with Gasteiger partial charge < -0.3 is 14.7 Å². The van der Waals surface area contributed by atoms with E-state index in [4.69, 9.17) is 9.84 Å². The number of benzene rings is 2. The maximum Gasteiger partial charge on any atom is 0.308 e. The Labute approximate surface area is 153 Å². The van der Waals surface area contributed by atoms with Gasteiger partial charge in [-0.1, -0.05) is 26.0 Å². The van der Waals surface area contributed by atoms with E-state index in [1.165, 1.54) is 4.90 Å². The fraction of sp³-hybridized carbons (Fsp3) is 0.333. The molecule has 0 spiro atoms. The van der Waals surface area contributed by atoms with Crippen molar-refractivity contribution in [3.05, 3.63) is 53.6 Å². The Balaban J connectivity index is 1.78. The van der Waals surface area contributed by atoms with Crippen LogP contribution in [0.25, 0.3) is 0 Å². The van der Waals surface area contributed by atoms with Gasteiger partial charge in [0.1, 0.15) is 11.5 Å². The minimum Gasteiger partial charge on any atom is -0.481 e. The van der Waals surface area contributed by atoms with Gasteiger partial charge in [0.05, 0.1) is 5.92 Å². The summed E-state index contributed by atoms with van der Waals surface area (Å²) in [5.74, 6) is 0.131. The fourth-order valence-corrected chi connectivity index (χ4v) is 3.15. The smallest absolute Gasteiger partial charge is 0.308 e. The predicted octanol–water partition coefficient (Wildman–Crippen LogP) is 4.35. The van der Waals surface area contributed by atoms with E-state index in [0.29, 0.717) is 17.4 Å². The van der Waals surface area contributed by atoms with Crippen molar-refractivity contribution in [2.24, 2.45) is 5.92 Å². The van der Waals surface area contributed by atoms with Gasteiger partial charge in [0.2, 0.25) is 5.91 Å². The summed E-state index contributed by atoms with van der Waals surface area (Å²) in [5.41, 5.74) is 2.96. The molecule has 0 bridgehead atoms. The molecule has 136 valence electrons. The summed E-state index contributed by atoms with van der Waals surface area (Å²) in [6, 6.07) is 13.4.